The zero-order chi connectivity index (χ0) is 15.5. The van der Waals surface area contributed by atoms with E-state index < -0.39 is 5.41 Å². The fraction of sp³-hybridized carbons (Fsp3) is 0.625. The van der Waals surface area contributed by atoms with Crippen LogP contribution >= 0.6 is 0 Å². The molecule has 21 heavy (non-hydrogen) atoms. The first-order valence-electron chi connectivity index (χ1n) is 7.50. The van der Waals surface area contributed by atoms with Crippen LogP contribution in [0.4, 0.5) is 5.69 Å². The van der Waals surface area contributed by atoms with Crippen LogP contribution in [0.15, 0.2) is 6.20 Å². The molecule has 0 N–H and O–H groups in total. The van der Waals surface area contributed by atoms with Crippen molar-refractivity contribution in [2.75, 3.05) is 0 Å². The van der Waals surface area contributed by atoms with Gasteiger partial charge in [0.05, 0.1) is 22.1 Å². The Hall–Kier alpha value is -1.96. The van der Waals surface area contributed by atoms with Gasteiger partial charge in [-0.25, -0.2) is 0 Å². The molecule has 0 aliphatic heterocycles. The highest BCUT2D eigenvalue weighted by Crippen LogP contribution is 2.38. The molecule has 1 fully saturated rings. The second-order valence-electron chi connectivity index (χ2n) is 6.10. The minimum Gasteiger partial charge on any atom is -0.260 e. The van der Waals surface area contributed by atoms with Gasteiger partial charge in [0.15, 0.2) is 0 Å². The van der Waals surface area contributed by atoms with Gasteiger partial charge in [-0.1, -0.05) is 25.7 Å². The Kier molecular flexibility index (Phi) is 4.56. The van der Waals surface area contributed by atoms with Crippen LogP contribution in [0.5, 0.6) is 0 Å². The Bertz CT molecular complexity index is 582. The molecule has 0 aromatic carbocycles. The average Bonchev–Trinajstić information content (AvgIpc) is 2.68. The maximum atomic E-state index is 11.2. The zero-order valence-electron chi connectivity index (χ0n) is 12.7. The lowest BCUT2D eigenvalue weighted by Gasteiger charge is -2.25. The Balaban J connectivity index is 2.36. The lowest BCUT2D eigenvalue weighted by Crippen LogP contribution is -2.22. The molecule has 1 saturated carbocycles. The van der Waals surface area contributed by atoms with E-state index in [4.69, 9.17) is 0 Å². The van der Waals surface area contributed by atoms with Gasteiger partial charge < -0.3 is 0 Å². The maximum Gasteiger partial charge on any atom is 0.278 e. The van der Waals surface area contributed by atoms with E-state index >= 15 is 0 Å². The van der Waals surface area contributed by atoms with Crippen molar-refractivity contribution in [3.63, 3.8) is 0 Å². The number of aryl methyl sites for hydroxylation is 1. The molecule has 0 atom stereocenters. The first-order valence-corrected chi connectivity index (χ1v) is 7.50. The Morgan fingerprint density at radius 3 is 2.48 bits per heavy atom. The van der Waals surface area contributed by atoms with E-state index in [-0.39, 0.29) is 10.6 Å². The summed E-state index contributed by atoms with van der Waals surface area (Å²) >= 11 is 0. The minimum absolute atomic E-state index is 0.140. The second-order valence-corrected chi connectivity index (χ2v) is 6.10. The van der Waals surface area contributed by atoms with Gasteiger partial charge in [-0.3, -0.25) is 15.1 Å². The lowest BCUT2D eigenvalue weighted by atomic mass is 9.77. The van der Waals surface area contributed by atoms with Gasteiger partial charge in [0, 0.05) is 23.7 Å². The van der Waals surface area contributed by atoms with Crippen LogP contribution in [-0.2, 0) is 6.42 Å². The van der Waals surface area contributed by atoms with Gasteiger partial charge in [0.2, 0.25) is 0 Å². The topological polar surface area (TPSA) is 79.8 Å². The van der Waals surface area contributed by atoms with E-state index in [0.717, 1.165) is 25.7 Å². The predicted molar refractivity (Wildman–Crippen MR) is 79.8 cm³/mol. The van der Waals surface area contributed by atoms with Crippen LogP contribution in [0.1, 0.15) is 55.3 Å². The molecule has 0 amide bonds. The summed E-state index contributed by atoms with van der Waals surface area (Å²) in [5.41, 5.74) is 1.63. The average molecular weight is 287 g/mol. The molecule has 1 aliphatic rings. The second kappa shape index (κ2) is 6.21. The quantitative estimate of drug-likeness (QED) is 0.478. The number of nitrogens with zero attached hydrogens (tertiary/aromatic N) is 3. The molecule has 1 aromatic heterocycles. The predicted octanol–water partition coefficient (Wildman–Crippen LogP) is 4.01. The number of nitriles is 1. The van der Waals surface area contributed by atoms with Gasteiger partial charge in [-0.05, 0) is 26.7 Å². The number of nitro groups is 1. The van der Waals surface area contributed by atoms with E-state index in [1.807, 2.05) is 0 Å². The van der Waals surface area contributed by atoms with Crippen LogP contribution in [0.3, 0.4) is 0 Å². The monoisotopic (exact) mass is 287 g/mol. The third-order valence-corrected chi connectivity index (χ3v) is 4.56. The molecular weight excluding hydrogens is 266 g/mol. The fourth-order valence-electron chi connectivity index (χ4n) is 3.28. The van der Waals surface area contributed by atoms with Gasteiger partial charge in [-0.2, -0.15) is 5.26 Å². The maximum absolute atomic E-state index is 11.2. The van der Waals surface area contributed by atoms with E-state index in [2.05, 4.69) is 11.1 Å². The number of aromatic nitrogens is 1. The molecule has 112 valence electrons. The normalized spacial score (nSPS) is 17.8. The van der Waals surface area contributed by atoms with Gasteiger partial charge in [0.25, 0.3) is 5.69 Å². The smallest absolute Gasteiger partial charge is 0.260 e. The molecule has 0 saturated heterocycles. The standard InChI is InChI=1S/C16H21N3O2/c1-12-10-18-14(13(2)15(12)19(20)21)9-16(11-17)7-5-3-4-6-8-16/h10H,3-9H2,1-2H3. The van der Waals surface area contributed by atoms with Crippen LogP contribution in [0.2, 0.25) is 0 Å². The highest BCUT2D eigenvalue weighted by molar-refractivity contribution is 5.47. The van der Waals surface area contributed by atoms with Crippen molar-refractivity contribution in [2.45, 2.75) is 58.8 Å². The highest BCUT2D eigenvalue weighted by Gasteiger charge is 2.33. The van der Waals surface area contributed by atoms with Gasteiger partial charge in [-0.15, -0.1) is 0 Å². The molecule has 0 spiro atoms. The van der Waals surface area contributed by atoms with Crippen molar-refractivity contribution in [1.82, 2.24) is 4.98 Å². The summed E-state index contributed by atoms with van der Waals surface area (Å²) in [4.78, 5) is 15.2. The summed E-state index contributed by atoms with van der Waals surface area (Å²) in [6.07, 6.45) is 8.27. The van der Waals surface area contributed by atoms with Crippen LogP contribution in [0.25, 0.3) is 0 Å². The number of rotatable bonds is 3. The first kappa shape index (κ1) is 15.4. The summed E-state index contributed by atoms with van der Waals surface area (Å²) in [5, 5.41) is 20.8. The molecule has 2 rings (SSSR count). The summed E-state index contributed by atoms with van der Waals surface area (Å²) in [7, 11) is 0. The largest absolute Gasteiger partial charge is 0.278 e. The van der Waals surface area contributed by atoms with Crippen molar-refractivity contribution in [3.8, 4) is 6.07 Å². The van der Waals surface area contributed by atoms with Crippen LogP contribution in [0, 0.1) is 40.7 Å². The van der Waals surface area contributed by atoms with E-state index in [1.165, 1.54) is 12.8 Å². The third kappa shape index (κ3) is 3.21. The van der Waals surface area contributed by atoms with Crippen molar-refractivity contribution in [3.05, 3.63) is 33.1 Å². The van der Waals surface area contributed by atoms with Crippen LogP contribution in [-0.4, -0.2) is 9.91 Å². The molecule has 1 aromatic rings. The highest BCUT2D eigenvalue weighted by atomic mass is 16.6. The van der Waals surface area contributed by atoms with Crippen molar-refractivity contribution < 1.29 is 4.92 Å². The van der Waals surface area contributed by atoms with Crippen molar-refractivity contribution >= 4 is 5.69 Å². The van der Waals surface area contributed by atoms with Gasteiger partial charge >= 0.3 is 0 Å². The van der Waals surface area contributed by atoms with E-state index in [9.17, 15) is 15.4 Å². The summed E-state index contributed by atoms with van der Waals surface area (Å²) in [6.45, 7) is 3.45. The molecule has 0 radical (unpaired) electrons. The summed E-state index contributed by atoms with van der Waals surface area (Å²) < 4.78 is 0. The Morgan fingerprint density at radius 1 is 1.33 bits per heavy atom. The van der Waals surface area contributed by atoms with Crippen LogP contribution < -0.4 is 0 Å². The van der Waals surface area contributed by atoms with Gasteiger partial charge in [0.1, 0.15) is 0 Å². The molecule has 1 aliphatic carbocycles. The lowest BCUT2D eigenvalue weighted by molar-refractivity contribution is -0.386. The third-order valence-electron chi connectivity index (χ3n) is 4.56. The summed E-state index contributed by atoms with van der Waals surface area (Å²) in [5.74, 6) is 0. The Morgan fingerprint density at radius 2 is 1.95 bits per heavy atom. The Labute approximate surface area is 125 Å². The SMILES string of the molecule is Cc1cnc(CC2(C#N)CCCCCC2)c(C)c1[N+](=O)[O-]. The minimum atomic E-state index is -0.405. The molecule has 5 heteroatoms. The fourth-order valence-corrected chi connectivity index (χ4v) is 3.28. The van der Waals surface area contributed by atoms with E-state index in [1.54, 1.807) is 20.0 Å². The van der Waals surface area contributed by atoms with E-state index in [0.29, 0.717) is 23.2 Å². The molecule has 5 nitrogen and oxygen atoms in total. The zero-order valence-corrected chi connectivity index (χ0v) is 12.7. The van der Waals surface area contributed by atoms with Crippen molar-refractivity contribution in [1.29, 1.82) is 5.26 Å². The molecular formula is C16H21N3O2. The van der Waals surface area contributed by atoms with Crippen molar-refractivity contribution in [2.24, 2.45) is 5.41 Å². The molecule has 1 heterocycles. The number of hydrogen-bond donors (Lipinski definition) is 0. The first-order chi connectivity index (χ1) is 9.99. The molecule has 0 unspecified atom stereocenters. The molecule has 0 bridgehead atoms. The number of pyridine rings is 1. The number of hydrogen-bond acceptors (Lipinski definition) is 4. The summed E-state index contributed by atoms with van der Waals surface area (Å²) in [6, 6.07) is 2.49.